The van der Waals surface area contributed by atoms with Gasteiger partial charge in [0.25, 0.3) is 0 Å². The van der Waals surface area contributed by atoms with Crippen molar-refractivity contribution in [2.24, 2.45) is 0 Å². The predicted molar refractivity (Wildman–Crippen MR) is 67.3 cm³/mol. The van der Waals surface area contributed by atoms with Crippen LogP contribution in [0.2, 0.25) is 0 Å². The number of rotatable bonds is 3. The Bertz CT molecular complexity index is 460. The summed E-state index contributed by atoms with van der Waals surface area (Å²) in [7, 11) is 0. The molecule has 0 N–H and O–H groups in total. The first kappa shape index (κ1) is 10.4. The van der Waals surface area contributed by atoms with Gasteiger partial charge in [-0.25, -0.2) is 4.09 Å². The van der Waals surface area contributed by atoms with Crippen LogP contribution in [0.4, 0.5) is 0 Å². The summed E-state index contributed by atoms with van der Waals surface area (Å²) >= 11 is 5.69. The Morgan fingerprint density at radius 1 is 1.27 bits per heavy atom. The van der Waals surface area contributed by atoms with Crippen molar-refractivity contribution in [1.29, 1.82) is 0 Å². The van der Waals surface area contributed by atoms with E-state index >= 15 is 0 Å². The molecule has 0 atom stereocenters. The van der Waals surface area contributed by atoms with E-state index in [1.807, 2.05) is 30.5 Å². The van der Waals surface area contributed by atoms with Crippen LogP contribution in [0.15, 0.2) is 53.0 Å². The van der Waals surface area contributed by atoms with Crippen LogP contribution in [0.3, 0.4) is 0 Å². The molecule has 0 bridgehead atoms. The van der Waals surface area contributed by atoms with Crippen molar-refractivity contribution >= 4 is 30.7 Å². The Hall–Kier alpha value is -1.13. The molecule has 2 nitrogen and oxygen atoms in total. The summed E-state index contributed by atoms with van der Waals surface area (Å²) < 4.78 is 1.50. The van der Waals surface area contributed by atoms with E-state index in [2.05, 4.69) is 36.6 Å². The highest BCUT2D eigenvalue weighted by Crippen LogP contribution is 2.26. The van der Waals surface area contributed by atoms with Crippen LogP contribution in [0.5, 0.6) is 0 Å². The number of thiol groups is 1. The maximum atomic E-state index is 4.17. The van der Waals surface area contributed by atoms with E-state index in [-0.39, 0.29) is 0 Å². The van der Waals surface area contributed by atoms with E-state index in [9.17, 15) is 0 Å². The third-order valence-electron chi connectivity index (χ3n) is 1.89. The topological polar surface area (TPSA) is 17.8 Å². The van der Waals surface area contributed by atoms with E-state index < -0.39 is 0 Å². The second kappa shape index (κ2) is 4.59. The van der Waals surface area contributed by atoms with Crippen molar-refractivity contribution in [3.05, 3.63) is 48.7 Å². The van der Waals surface area contributed by atoms with E-state index in [4.69, 9.17) is 0 Å². The summed E-state index contributed by atoms with van der Waals surface area (Å²) in [4.78, 5) is 1.16. The van der Waals surface area contributed by atoms with Gasteiger partial charge in [-0.1, -0.05) is 36.5 Å². The Kier molecular flexibility index (Phi) is 3.18. The first-order valence-corrected chi connectivity index (χ1v) is 5.65. The first-order chi connectivity index (χ1) is 7.28. The minimum absolute atomic E-state index is 0.941. The van der Waals surface area contributed by atoms with Gasteiger partial charge in [0.2, 0.25) is 0 Å². The summed E-state index contributed by atoms with van der Waals surface area (Å²) in [5.41, 5.74) is 1.12. The molecule has 15 heavy (non-hydrogen) atoms. The molecule has 76 valence electrons. The minimum atomic E-state index is 0.941. The Labute approximate surface area is 98.5 Å². The van der Waals surface area contributed by atoms with Gasteiger partial charge in [0.15, 0.2) is 0 Å². The van der Waals surface area contributed by atoms with Crippen molar-refractivity contribution in [2.75, 3.05) is 0 Å². The highest BCUT2D eigenvalue weighted by Gasteiger charge is 1.99. The van der Waals surface area contributed by atoms with Crippen LogP contribution >= 0.6 is 24.6 Å². The van der Waals surface area contributed by atoms with Crippen molar-refractivity contribution in [3.8, 4) is 0 Å². The summed E-state index contributed by atoms with van der Waals surface area (Å²) in [6.45, 7) is 3.72. The van der Waals surface area contributed by atoms with Crippen molar-refractivity contribution in [2.45, 2.75) is 9.92 Å². The van der Waals surface area contributed by atoms with Crippen LogP contribution in [0.25, 0.3) is 6.08 Å². The first-order valence-electron chi connectivity index (χ1n) is 4.43. The molecule has 1 heterocycles. The SMILES string of the molecule is C=Cc1ccc(Sc2ccn(S)n2)cc1. The average Bonchev–Trinajstić information content (AvgIpc) is 2.65. The number of hydrogen-bond donors (Lipinski definition) is 1. The molecule has 0 amide bonds. The molecule has 2 aromatic rings. The van der Waals surface area contributed by atoms with Gasteiger partial charge in [0, 0.05) is 11.1 Å². The maximum absolute atomic E-state index is 4.17. The van der Waals surface area contributed by atoms with Crippen LogP contribution in [0, 0.1) is 0 Å². The molecule has 1 aromatic heterocycles. The van der Waals surface area contributed by atoms with Gasteiger partial charge >= 0.3 is 0 Å². The second-order valence-electron chi connectivity index (χ2n) is 2.95. The molecule has 0 saturated carbocycles. The molecule has 0 aliphatic carbocycles. The van der Waals surface area contributed by atoms with Gasteiger partial charge < -0.3 is 0 Å². The lowest BCUT2D eigenvalue weighted by atomic mass is 10.2. The highest BCUT2D eigenvalue weighted by molar-refractivity contribution is 7.99. The second-order valence-corrected chi connectivity index (χ2v) is 4.45. The largest absolute Gasteiger partial charge is 0.216 e. The fraction of sp³-hybridized carbons (Fsp3) is 0. The highest BCUT2D eigenvalue weighted by atomic mass is 32.2. The standard InChI is InChI=1S/C11H10N2S2/c1-2-9-3-5-10(6-4-9)15-11-7-8-13(14)12-11/h2-8,14H,1H2. The molecule has 0 saturated heterocycles. The molecular formula is C11H10N2S2. The lowest BCUT2D eigenvalue weighted by molar-refractivity contribution is 0.949. The molecule has 0 spiro atoms. The Balaban J connectivity index is 2.14. The average molecular weight is 234 g/mol. The van der Waals surface area contributed by atoms with Crippen molar-refractivity contribution in [1.82, 2.24) is 9.19 Å². The number of nitrogens with zero attached hydrogens (tertiary/aromatic N) is 2. The van der Waals surface area contributed by atoms with Crippen LogP contribution in [-0.4, -0.2) is 9.19 Å². The van der Waals surface area contributed by atoms with Gasteiger partial charge in [0.1, 0.15) is 5.03 Å². The molecule has 1 aromatic carbocycles. The summed E-state index contributed by atoms with van der Waals surface area (Å²) in [5, 5.41) is 5.11. The molecular weight excluding hydrogens is 224 g/mol. The maximum Gasteiger partial charge on any atom is 0.124 e. The smallest absolute Gasteiger partial charge is 0.124 e. The normalized spacial score (nSPS) is 10.2. The zero-order valence-corrected chi connectivity index (χ0v) is 9.71. The van der Waals surface area contributed by atoms with E-state index in [1.165, 1.54) is 4.09 Å². The Morgan fingerprint density at radius 2 is 2.00 bits per heavy atom. The van der Waals surface area contributed by atoms with Gasteiger partial charge in [-0.05, 0) is 36.6 Å². The van der Waals surface area contributed by atoms with E-state index in [1.54, 1.807) is 11.8 Å². The number of hydrogen-bond acceptors (Lipinski definition) is 3. The van der Waals surface area contributed by atoms with Crippen LogP contribution in [-0.2, 0) is 0 Å². The fourth-order valence-electron chi connectivity index (χ4n) is 1.15. The van der Waals surface area contributed by atoms with Gasteiger partial charge in [-0.2, -0.15) is 5.10 Å². The molecule has 0 radical (unpaired) electrons. The molecule has 0 aliphatic rings. The summed E-state index contributed by atoms with van der Waals surface area (Å²) in [6, 6.07) is 10.1. The molecule has 0 fully saturated rings. The van der Waals surface area contributed by atoms with E-state index in [0.717, 1.165) is 15.5 Å². The van der Waals surface area contributed by atoms with Gasteiger partial charge in [-0.15, -0.1) is 0 Å². The monoisotopic (exact) mass is 234 g/mol. The summed E-state index contributed by atoms with van der Waals surface area (Å²) in [5.74, 6) is 0. The molecule has 2 rings (SSSR count). The quantitative estimate of drug-likeness (QED) is 0.820. The third kappa shape index (κ3) is 2.67. The molecule has 0 unspecified atom stereocenters. The predicted octanol–water partition coefficient (Wildman–Crippen LogP) is 3.37. The third-order valence-corrected chi connectivity index (χ3v) is 3.05. The number of aromatic nitrogens is 2. The minimum Gasteiger partial charge on any atom is -0.216 e. The van der Waals surface area contributed by atoms with Gasteiger partial charge in [0.05, 0.1) is 0 Å². The lowest BCUT2D eigenvalue weighted by Gasteiger charge is -1.98. The van der Waals surface area contributed by atoms with Crippen LogP contribution < -0.4 is 0 Å². The fourth-order valence-corrected chi connectivity index (χ4v) is 2.14. The van der Waals surface area contributed by atoms with E-state index in [0.29, 0.717) is 0 Å². The van der Waals surface area contributed by atoms with Gasteiger partial charge in [-0.3, -0.25) is 0 Å². The Morgan fingerprint density at radius 3 is 2.53 bits per heavy atom. The van der Waals surface area contributed by atoms with Crippen molar-refractivity contribution in [3.63, 3.8) is 0 Å². The lowest BCUT2D eigenvalue weighted by Crippen LogP contribution is -1.80. The zero-order valence-electron chi connectivity index (χ0n) is 8.00. The van der Waals surface area contributed by atoms with Crippen molar-refractivity contribution < 1.29 is 0 Å². The molecule has 4 heteroatoms. The summed E-state index contributed by atoms with van der Waals surface area (Å²) in [6.07, 6.45) is 3.64. The zero-order chi connectivity index (χ0) is 10.7. The molecule has 0 aliphatic heterocycles. The van der Waals surface area contributed by atoms with Crippen LogP contribution in [0.1, 0.15) is 5.56 Å². The number of benzene rings is 1.